The predicted molar refractivity (Wildman–Crippen MR) is 88.4 cm³/mol. The number of hydrogen-bond acceptors (Lipinski definition) is 4. The minimum atomic E-state index is -1.23. The summed E-state index contributed by atoms with van der Waals surface area (Å²) >= 11 is 0. The Kier molecular flexibility index (Phi) is 4.92. The Morgan fingerprint density at radius 1 is 1.16 bits per heavy atom. The van der Waals surface area contributed by atoms with E-state index in [-0.39, 0.29) is 28.9 Å². The smallest absolute Gasteiger partial charge is 0.354 e. The summed E-state index contributed by atoms with van der Waals surface area (Å²) in [5.74, 6) is -2.24. The highest BCUT2D eigenvalue weighted by Gasteiger charge is 2.19. The number of aromatic nitrogens is 1. The van der Waals surface area contributed by atoms with Crippen molar-refractivity contribution in [1.82, 2.24) is 4.98 Å². The summed E-state index contributed by atoms with van der Waals surface area (Å²) in [4.78, 5) is 26.8. The average Bonchev–Trinajstić information content (AvgIpc) is 3.10. The molecule has 0 atom stereocenters. The zero-order chi connectivity index (χ0) is 17.8. The number of nitrogens with zero attached hydrogens (tertiary/aromatic N) is 1. The fourth-order valence-corrected chi connectivity index (χ4v) is 2.74. The quantitative estimate of drug-likeness (QED) is 0.867. The number of carboxylic acid groups (broad SMARTS) is 1. The van der Waals surface area contributed by atoms with Crippen LogP contribution in [0.3, 0.4) is 0 Å². The van der Waals surface area contributed by atoms with Crippen LogP contribution >= 0.6 is 0 Å². The van der Waals surface area contributed by atoms with E-state index in [0.29, 0.717) is 0 Å². The first-order chi connectivity index (χ1) is 12.0. The van der Waals surface area contributed by atoms with Crippen LogP contribution in [0.4, 0.5) is 10.1 Å². The molecule has 0 aliphatic heterocycles. The second-order valence-electron chi connectivity index (χ2n) is 5.84. The number of ether oxygens (including phenoxy) is 1. The number of carboxylic acids is 1. The van der Waals surface area contributed by atoms with Crippen LogP contribution in [0, 0.1) is 5.82 Å². The second-order valence-corrected chi connectivity index (χ2v) is 5.84. The zero-order valence-electron chi connectivity index (χ0n) is 13.4. The largest absolute Gasteiger partial charge is 0.487 e. The summed E-state index contributed by atoms with van der Waals surface area (Å²) in [5, 5.41) is 11.4. The Morgan fingerprint density at radius 2 is 1.88 bits per heavy atom. The highest BCUT2D eigenvalue weighted by Crippen LogP contribution is 2.27. The van der Waals surface area contributed by atoms with Crippen LogP contribution in [-0.2, 0) is 0 Å². The number of aromatic carboxylic acids is 1. The molecule has 0 radical (unpaired) electrons. The number of hydrogen-bond donors (Lipinski definition) is 2. The summed E-state index contributed by atoms with van der Waals surface area (Å²) in [7, 11) is 0. The van der Waals surface area contributed by atoms with Gasteiger partial charge in [-0.25, -0.2) is 14.2 Å². The summed E-state index contributed by atoms with van der Waals surface area (Å²) < 4.78 is 19.8. The predicted octanol–water partition coefficient (Wildman–Crippen LogP) is 3.49. The van der Waals surface area contributed by atoms with Crippen molar-refractivity contribution in [3.63, 3.8) is 0 Å². The maximum Gasteiger partial charge on any atom is 0.354 e. The Labute approximate surface area is 143 Å². The lowest BCUT2D eigenvalue weighted by molar-refractivity contribution is 0.0690. The van der Waals surface area contributed by atoms with Crippen molar-refractivity contribution in [2.24, 2.45) is 0 Å². The minimum Gasteiger partial charge on any atom is -0.487 e. The molecule has 6 nitrogen and oxygen atoms in total. The molecular formula is C18H17FN2O4. The Bertz CT molecular complexity index is 803. The summed E-state index contributed by atoms with van der Waals surface area (Å²) in [6.07, 6.45) is 4.05. The maximum absolute atomic E-state index is 14.2. The van der Waals surface area contributed by atoms with Crippen molar-refractivity contribution < 1.29 is 23.8 Å². The van der Waals surface area contributed by atoms with E-state index in [2.05, 4.69) is 10.3 Å². The van der Waals surface area contributed by atoms with Crippen LogP contribution in [0.5, 0.6) is 5.75 Å². The normalized spacial score (nSPS) is 14.3. The average molecular weight is 344 g/mol. The molecule has 1 amide bonds. The Hall–Kier alpha value is -2.96. The van der Waals surface area contributed by atoms with Gasteiger partial charge in [0.05, 0.1) is 6.10 Å². The van der Waals surface area contributed by atoms with Crippen LogP contribution in [0.15, 0.2) is 36.4 Å². The van der Waals surface area contributed by atoms with Crippen LogP contribution in [0.1, 0.15) is 46.7 Å². The van der Waals surface area contributed by atoms with Gasteiger partial charge >= 0.3 is 5.97 Å². The number of rotatable bonds is 5. The molecule has 1 aromatic carbocycles. The van der Waals surface area contributed by atoms with Crippen molar-refractivity contribution >= 4 is 17.6 Å². The van der Waals surface area contributed by atoms with E-state index in [1.165, 1.54) is 36.4 Å². The lowest BCUT2D eigenvalue weighted by Crippen LogP contribution is -2.16. The van der Waals surface area contributed by atoms with Gasteiger partial charge in [0.1, 0.15) is 11.4 Å². The third-order valence-electron chi connectivity index (χ3n) is 3.99. The number of nitrogens with one attached hydrogen (secondary N) is 1. The van der Waals surface area contributed by atoms with E-state index >= 15 is 0 Å². The molecule has 1 aromatic heterocycles. The topological polar surface area (TPSA) is 88.5 Å². The molecule has 3 rings (SSSR count). The van der Waals surface area contributed by atoms with Gasteiger partial charge in [0.25, 0.3) is 5.91 Å². The Morgan fingerprint density at radius 3 is 2.56 bits per heavy atom. The third kappa shape index (κ3) is 4.12. The van der Waals surface area contributed by atoms with E-state index in [1.807, 2.05) is 0 Å². The molecule has 1 heterocycles. The third-order valence-corrected chi connectivity index (χ3v) is 3.99. The van der Waals surface area contributed by atoms with Gasteiger partial charge in [-0.1, -0.05) is 6.07 Å². The van der Waals surface area contributed by atoms with Crippen LogP contribution in [0.25, 0.3) is 0 Å². The molecule has 0 saturated heterocycles. The fourth-order valence-electron chi connectivity index (χ4n) is 2.74. The van der Waals surface area contributed by atoms with E-state index in [0.717, 1.165) is 25.7 Å². The van der Waals surface area contributed by atoms with E-state index in [9.17, 15) is 14.0 Å². The molecular weight excluding hydrogens is 327 g/mol. The van der Waals surface area contributed by atoms with Gasteiger partial charge in [-0.3, -0.25) is 4.79 Å². The molecule has 2 aromatic rings. The van der Waals surface area contributed by atoms with Crippen LogP contribution in [-0.4, -0.2) is 28.1 Å². The van der Waals surface area contributed by atoms with Crippen molar-refractivity contribution in [3.8, 4) is 5.75 Å². The number of carbonyl (C=O) groups excluding carboxylic acids is 1. The van der Waals surface area contributed by atoms with Crippen molar-refractivity contribution in [1.29, 1.82) is 0 Å². The standard InChI is InChI=1S/C18H17FN2O4/c19-13-10-11(8-9-16(13)25-12-4-1-2-5-12)20-17(22)14-6-3-7-15(21-14)18(23)24/h3,6-10,12H,1-2,4-5H2,(H,20,22)(H,23,24). The molecule has 1 aliphatic carbocycles. The van der Waals surface area contributed by atoms with Gasteiger partial charge in [-0.05, 0) is 49.9 Å². The second kappa shape index (κ2) is 7.29. The number of pyridine rings is 1. The lowest BCUT2D eigenvalue weighted by atomic mass is 10.2. The molecule has 1 saturated carbocycles. The first kappa shape index (κ1) is 16.9. The number of carbonyl (C=O) groups is 2. The zero-order valence-corrected chi connectivity index (χ0v) is 13.4. The first-order valence-corrected chi connectivity index (χ1v) is 8.01. The van der Waals surface area contributed by atoms with Crippen molar-refractivity contribution in [2.45, 2.75) is 31.8 Å². The summed E-state index contributed by atoms with van der Waals surface area (Å²) in [6.45, 7) is 0. The molecule has 0 bridgehead atoms. The minimum absolute atomic E-state index is 0.0397. The van der Waals surface area contributed by atoms with Gasteiger partial charge in [0.15, 0.2) is 11.6 Å². The van der Waals surface area contributed by atoms with Crippen molar-refractivity contribution in [2.75, 3.05) is 5.32 Å². The molecule has 25 heavy (non-hydrogen) atoms. The van der Waals surface area contributed by atoms with E-state index in [4.69, 9.17) is 9.84 Å². The lowest BCUT2D eigenvalue weighted by Gasteiger charge is -2.14. The van der Waals surface area contributed by atoms with E-state index in [1.54, 1.807) is 0 Å². The van der Waals surface area contributed by atoms with Crippen molar-refractivity contribution in [3.05, 3.63) is 53.6 Å². The fraction of sp³-hybridized carbons (Fsp3) is 0.278. The Balaban J connectivity index is 1.70. The molecule has 130 valence electrons. The van der Waals surface area contributed by atoms with Gasteiger partial charge in [-0.2, -0.15) is 0 Å². The molecule has 7 heteroatoms. The molecule has 1 fully saturated rings. The SMILES string of the molecule is O=C(O)c1cccc(C(=O)Nc2ccc(OC3CCCC3)c(F)c2)n1. The van der Waals surface area contributed by atoms with Crippen LogP contribution in [0.2, 0.25) is 0 Å². The molecule has 2 N–H and O–H groups in total. The number of amides is 1. The van der Waals surface area contributed by atoms with Gasteiger partial charge in [-0.15, -0.1) is 0 Å². The monoisotopic (exact) mass is 344 g/mol. The molecule has 0 spiro atoms. The maximum atomic E-state index is 14.2. The highest BCUT2D eigenvalue weighted by molar-refractivity contribution is 6.03. The van der Waals surface area contributed by atoms with Gasteiger partial charge in [0, 0.05) is 11.8 Å². The van der Waals surface area contributed by atoms with Gasteiger partial charge < -0.3 is 15.2 Å². The highest BCUT2D eigenvalue weighted by atomic mass is 19.1. The van der Waals surface area contributed by atoms with Crippen LogP contribution < -0.4 is 10.1 Å². The summed E-state index contributed by atoms with van der Waals surface area (Å²) in [5.41, 5.74) is -0.0606. The first-order valence-electron chi connectivity index (χ1n) is 8.01. The number of halogens is 1. The van der Waals surface area contributed by atoms with Gasteiger partial charge in [0.2, 0.25) is 0 Å². The molecule has 1 aliphatic rings. The number of benzene rings is 1. The molecule has 0 unspecified atom stereocenters. The number of anilines is 1. The van der Waals surface area contributed by atoms with E-state index < -0.39 is 17.7 Å². The summed E-state index contributed by atoms with van der Waals surface area (Å²) in [6, 6.07) is 8.27.